The summed E-state index contributed by atoms with van der Waals surface area (Å²) >= 11 is 0. The van der Waals surface area contributed by atoms with Gasteiger partial charge in [-0.2, -0.15) is 13.2 Å². The van der Waals surface area contributed by atoms with E-state index in [4.69, 9.17) is 5.73 Å². The molecular formula is C28H31F3N2O. The summed E-state index contributed by atoms with van der Waals surface area (Å²) in [6, 6.07) is 18.6. The molecule has 3 nitrogen and oxygen atoms in total. The number of benzene rings is 3. The van der Waals surface area contributed by atoms with E-state index in [9.17, 15) is 18.0 Å². The number of nitrogens with two attached hydrogens (primary N) is 1. The lowest BCUT2D eigenvalue weighted by atomic mass is 9.87. The van der Waals surface area contributed by atoms with Gasteiger partial charge in [-0.25, -0.2) is 0 Å². The molecule has 0 spiro atoms. The smallest absolute Gasteiger partial charge is 0.398 e. The molecule has 0 atom stereocenters. The molecule has 0 aliphatic rings. The van der Waals surface area contributed by atoms with Gasteiger partial charge in [-0.05, 0) is 53.6 Å². The van der Waals surface area contributed by atoms with E-state index in [1.165, 1.54) is 11.6 Å². The lowest BCUT2D eigenvalue weighted by Gasteiger charge is -2.25. The second-order valence-electron chi connectivity index (χ2n) is 9.71. The van der Waals surface area contributed by atoms with Crippen molar-refractivity contribution in [3.63, 3.8) is 0 Å². The Labute approximate surface area is 199 Å². The Morgan fingerprint density at radius 3 is 2.18 bits per heavy atom. The lowest BCUT2D eigenvalue weighted by Crippen LogP contribution is -2.33. The molecule has 0 aromatic heterocycles. The number of amides is 1. The zero-order chi connectivity index (χ0) is 25.1. The van der Waals surface area contributed by atoms with Gasteiger partial charge in [0.2, 0.25) is 0 Å². The van der Waals surface area contributed by atoms with Crippen LogP contribution >= 0.6 is 0 Å². The van der Waals surface area contributed by atoms with E-state index in [-0.39, 0.29) is 17.9 Å². The standard InChI is InChI=1S/C28H31F3N2O/c1-19-8-13-25(32)24(16-19)26(34)33(18-21-9-11-22(12-10-21)27(2,3)4)15-14-20-6-5-7-23(17-20)28(29,30)31/h5-13,16-17H,14-15,18,32H2,1-4H3. The monoisotopic (exact) mass is 468 g/mol. The van der Waals surface area contributed by atoms with Crippen LogP contribution in [0.3, 0.4) is 0 Å². The quantitative estimate of drug-likeness (QED) is 0.406. The van der Waals surface area contributed by atoms with Crippen LogP contribution in [0.2, 0.25) is 0 Å². The lowest BCUT2D eigenvalue weighted by molar-refractivity contribution is -0.137. The summed E-state index contributed by atoms with van der Waals surface area (Å²) in [5, 5.41) is 0. The third kappa shape index (κ3) is 6.40. The number of halogens is 3. The Morgan fingerprint density at radius 1 is 0.882 bits per heavy atom. The Bertz CT molecular complexity index is 1150. The maximum Gasteiger partial charge on any atom is 0.416 e. The van der Waals surface area contributed by atoms with Crippen molar-refractivity contribution in [2.24, 2.45) is 0 Å². The van der Waals surface area contributed by atoms with Gasteiger partial charge in [0.15, 0.2) is 0 Å². The fraction of sp³-hybridized carbons (Fsp3) is 0.321. The van der Waals surface area contributed by atoms with Crippen LogP contribution in [0.4, 0.5) is 18.9 Å². The second kappa shape index (κ2) is 9.92. The predicted molar refractivity (Wildman–Crippen MR) is 131 cm³/mol. The zero-order valence-electron chi connectivity index (χ0n) is 20.0. The Balaban J connectivity index is 1.87. The molecule has 1 amide bonds. The molecule has 0 saturated heterocycles. The van der Waals surface area contributed by atoms with Crippen LogP contribution in [0.15, 0.2) is 66.7 Å². The van der Waals surface area contributed by atoms with Crippen LogP contribution in [-0.2, 0) is 24.6 Å². The fourth-order valence-corrected chi connectivity index (χ4v) is 3.78. The van der Waals surface area contributed by atoms with Crippen LogP contribution in [0.25, 0.3) is 0 Å². The number of anilines is 1. The van der Waals surface area contributed by atoms with Crippen molar-refractivity contribution in [1.29, 1.82) is 0 Å². The van der Waals surface area contributed by atoms with E-state index in [1.54, 1.807) is 23.1 Å². The number of carbonyl (C=O) groups excluding carboxylic acids is 1. The topological polar surface area (TPSA) is 46.3 Å². The van der Waals surface area contributed by atoms with E-state index in [2.05, 4.69) is 20.8 Å². The number of nitrogens with zero attached hydrogens (tertiary/aromatic N) is 1. The number of alkyl halides is 3. The molecule has 0 aliphatic carbocycles. The van der Waals surface area contributed by atoms with Crippen LogP contribution in [0, 0.1) is 6.92 Å². The zero-order valence-corrected chi connectivity index (χ0v) is 20.0. The molecule has 0 radical (unpaired) electrons. The summed E-state index contributed by atoms with van der Waals surface area (Å²) in [5.41, 5.74) is 9.74. The summed E-state index contributed by atoms with van der Waals surface area (Å²) in [4.78, 5) is 15.1. The molecule has 3 rings (SSSR count). The number of nitrogen functional groups attached to an aromatic ring is 1. The summed E-state index contributed by atoms with van der Waals surface area (Å²) in [5.74, 6) is -0.243. The van der Waals surface area contributed by atoms with Gasteiger partial charge in [-0.3, -0.25) is 4.79 Å². The highest BCUT2D eigenvalue weighted by atomic mass is 19.4. The van der Waals surface area contributed by atoms with E-state index < -0.39 is 11.7 Å². The van der Waals surface area contributed by atoms with Gasteiger partial charge in [-0.15, -0.1) is 0 Å². The molecule has 34 heavy (non-hydrogen) atoms. The minimum Gasteiger partial charge on any atom is -0.398 e. The van der Waals surface area contributed by atoms with E-state index >= 15 is 0 Å². The summed E-state index contributed by atoms with van der Waals surface area (Å²) in [6.45, 7) is 8.87. The fourth-order valence-electron chi connectivity index (χ4n) is 3.78. The van der Waals surface area contributed by atoms with Gasteiger partial charge in [0.1, 0.15) is 0 Å². The summed E-state index contributed by atoms with van der Waals surface area (Å²) in [7, 11) is 0. The summed E-state index contributed by atoms with van der Waals surface area (Å²) in [6.07, 6.45) is -4.11. The molecule has 2 N–H and O–H groups in total. The summed E-state index contributed by atoms with van der Waals surface area (Å²) < 4.78 is 39.4. The first kappa shape index (κ1) is 25.3. The van der Waals surface area contributed by atoms with Crippen molar-refractivity contribution in [2.45, 2.75) is 52.3 Å². The minimum absolute atomic E-state index is 0.00749. The molecule has 180 valence electrons. The number of hydrogen-bond donors (Lipinski definition) is 1. The van der Waals surface area contributed by atoms with Gasteiger partial charge < -0.3 is 10.6 Å². The SMILES string of the molecule is Cc1ccc(N)c(C(=O)N(CCc2cccc(C(F)(F)F)c2)Cc2ccc(C(C)(C)C)cc2)c1. The molecule has 0 aliphatic heterocycles. The Morgan fingerprint density at radius 2 is 1.56 bits per heavy atom. The van der Waals surface area contributed by atoms with Gasteiger partial charge in [0.25, 0.3) is 5.91 Å². The molecule has 6 heteroatoms. The van der Waals surface area contributed by atoms with E-state index in [0.29, 0.717) is 29.8 Å². The third-order valence-corrected chi connectivity index (χ3v) is 5.84. The van der Waals surface area contributed by atoms with Gasteiger partial charge >= 0.3 is 6.18 Å². The van der Waals surface area contributed by atoms with Crippen LogP contribution in [-0.4, -0.2) is 17.4 Å². The maximum absolute atomic E-state index is 13.5. The van der Waals surface area contributed by atoms with Crippen LogP contribution < -0.4 is 5.73 Å². The predicted octanol–water partition coefficient (Wildman–Crippen LogP) is 6.78. The Hall–Kier alpha value is -3.28. The number of carbonyl (C=O) groups is 1. The third-order valence-electron chi connectivity index (χ3n) is 5.84. The first-order valence-corrected chi connectivity index (χ1v) is 11.3. The molecule has 0 bridgehead atoms. The van der Waals surface area contributed by atoms with Gasteiger partial charge in [0, 0.05) is 18.8 Å². The van der Waals surface area contributed by atoms with Crippen LogP contribution in [0.1, 0.15) is 58.9 Å². The van der Waals surface area contributed by atoms with Crippen LogP contribution in [0.5, 0.6) is 0 Å². The average molecular weight is 469 g/mol. The van der Waals surface area contributed by atoms with Crippen molar-refractivity contribution < 1.29 is 18.0 Å². The van der Waals surface area contributed by atoms with Gasteiger partial charge in [0.05, 0.1) is 11.1 Å². The molecule has 0 saturated carbocycles. The second-order valence-corrected chi connectivity index (χ2v) is 9.71. The highest BCUT2D eigenvalue weighted by Crippen LogP contribution is 2.30. The highest BCUT2D eigenvalue weighted by molar-refractivity contribution is 5.99. The van der Waals surface area contributed by atoms with Crippen molar-refractivity contribution in [3.05, 3.63) is 100 Å². The number of aryl methyl sites for hydroxylation is 1. The van der Waals surface area contributed by atoms with Crippen molar-refractivity contribution in [3.8, 4) is 0 Å². The first-order valence-electron chi connectivity index (χ1n) is 11.3. The molecule has 0 unspecified atom stereocenters. The molecule has 3 aromatic rings. The van der Waals surface area contributed by atoms with E-state index in [0.717, 1.165) is 23.3 Å². The van der Waals surface area contributed by atoms with Gasteiger partial charge in [-0.1, -0.05) is 74.9 Å². The first-order chi connectivity index (χ1) is 15.8. The largest absolute Gasteiger partial charge is 0.416 e. The number of hydrogen-bond acceptors (Lipinski definition) is 2. The van der Waals surface area contributed by atoms with Crippen molar-refractivity contribution in [1.82, 2.24) is 4.90 Å². The van der Waals surface area contributed by atoms with Crippen molar-refractivity contribution >= 4 is 11.6 Å². The maximum atomic E-state index is 13.5. The number of rotatable bonds is 6. The molecular weight excluding hydrogens is 437 g/mol. The Kier molecular flexibility index (Phi) is 7.39. The van der Waals surface area contributed by atoms with E-state index in [1.807, 2.05) is 37.3 Å². The van der Waals surface area contributed by atoms with Crippen molar-refractivity contribution in [2.75, 3.05) is 12.3 Å². The normalized spacial score (nSPS) is 12.0. The molecule has 0 fully saturated rings. The average Bonchev–Trinajstić information content (AvgIpc) is 2.77. The molecule has 3 aromatic carbocycles. The highest BCUT2D eigenvalue weighted by Gasteiger charge is 2.30. The molecule has 0 heterocycles. The minimum atomic E-state index is -4.41.